The topological polar surface area (TPSA) is 54.3 Å². The molecule has 3 heterocycles. The molecule has 3 aromatic rings. The molecule has 162 valence electrons. The zero-order chi connectivity index (χ0) is 21.6. The first-order chi connectivity index (χ1) is 15.0. The van der Waals surface area contributed by atoms with Crippen LogP contribution >= 0.6 is 11.3 Å². The third kappa shape index (κ3) is 3.55. The lowest BCUT2D eigenvalue weighted by Crippen LogP contribution is -2.64. The van der Waals surface area contributed by atoms with Gasteiger partial charge in [-0.3, -0.25) is 9.59 Å². The summed E-state index contributed by atoms with van der Waals surface area (Å²) in [5.74, 6) is -0.599. The predicted octanol–water partition coefficient (Wildman–Crippen LogP) is 4.71. The van der Waals surface area contributed by atoms with Crippen molar-refractivity contribution in [3.8, 4) is 0 Å². The highest BCUT2D eigenvalue weighted by Gasteiger charge is 2.48. The number of halogens is 1. The minimum Gasteiger partial charge on any atom is -0.351 e. The van der Waals surface area contributed by atoms with Gasteiger partial charge in [-0.15, -0.1) is 11.3 Å². The molecule has 1 fully saturated rings. The number of nitrogens with one attached hydrogen (secondary N) is 1. The molecule has 5 rings (SSSR count). The highest BCUT2D eigenvalue weighted by molar-refractivity contribution is 7.17. The summed E-state index contributed by atoms with van der Waals surface area (Å²) in [5, 5.41) is 5.24. The van der Waals surface area contributed by atoms with Gasteiger partial charge in [-0.25, -0.2) is 4.39 Å². The number of amides is 2. The lowest BCUT2D eigenvalue weighted by Gasteiger charge is -2.45. The van der Waals surface area contributed by atoms with E-state index < -0.39 is 5.54 Å². The Balaban J connectivity index is 1.52. The van der Waals surface area contributed by atoms with Gasteiger partial charge in [0, 0.05) is 12.6 Å². The fourth-order valence-corrected chi connectivity index (χ4v) is 5.70. The first-order valence-corrected chi connectivity index (χ1v) is 11.8. The number of carbonyl (C=O) groups excluding carboxylic acids is 2. The van der Waals surface area contributed by atoms with Crippen molar-refractivity contribution in [1.82, 2.24) is 14.8 Å². The first kappa shape index (κ1) is 20.2. The summed E-state index contributed by atoms with van der Waals surface area (Å²) in [5.41, 5.74) is 1.36. The van der Waals surface area contributed by atoms with E-state index in [1.54, 1.807) is 28.4 Å². The molecule has 1 aromatic carbocycles. The minimum absolute atomic E-state index is 0.113. The highest BCUT2D eigenvalue weighted by Crippen LogP contribution is 2.35. The van der Waals surface area contributed by atoms with Crippen molar-refractivity contribution in [2.45, 2.75) is 63.7 Å². The molecule has 1 N–H and O–H groups in total. The van der Waals surface area contributed by atoms with Crippen LogP contribution in [0.4, 0.5) is 4.39 Å². The third-order valence-electron chi connectivity index (χ3n) is 6.73. The molecule has 0 radical (unpaired) electrons. The Bertz CT molecular complexity index is 1130. The van der Waals surface area contributed by atoms with Gasteiger partial charge in [-0.2, -0.15) is 0 Å². The van der Waals surface area contributed by atoms with Gasteiger partial charge >= 0.3 is 0 Å². The van der Waals surface area contributed by atoms with E-state index in [4.69, 9.17) is 0 Å². The number of benzene rings is 1. The Labute approximate surface area is 184 Å². The summed E-state index contributed by atoms with van der Waals surface area (Å²) < 4.78 is 16.4. The molecule has 7 heteroatoms. The number of aromatic nitrogens is 1. The second-order valence-corrected chi connectivity index (χ2v) is 9.83. The van der Waals surface area contributed by atoms with Gasteiger partial charge in [0.25, 0.3) is 5.91 Å². The molecular weight excluding hydrogens is 413 g/mol. The Morgan fingerprint density at radius 1 is 1.19 bits per heavy atom. The molecule has 0 spiro atoms. The minimum atomic E-state index is -1.04. The number of fused-ring (bicyclic) bond motifs is 3. The van der Waals surface area contributed by atoms with Crippen molar-refractivity contribution in [2.24, 2.45) is 0 Å². The normalized spacial score (nSPS) is 22.0. The van der Waals surface area contributed by atoms with Gasteiger partial charge in [0.05, 0.1) is 16.8 Å². The fourth-order valence-electron chi connectivity index (χ4n) is 4.88. The number of hydrogen-bond donors (Lipinski definition) is 1. The van der Waals surface area contributed by atoms with Crippen LogP contribution in [0, 0.1) is 5.82 Å². The monoisotopic (exact) mass is 439 g/mol. The van der Waals surface area contributed by atoms with E-state index in [9.17, 15) is 14.0 Å². The van der Waals surface area contributed by atoms with E-state index in [-0.39, 0.29) is 30.2 Å². The van der Waals surface area contributed by atoms with Crippen LogP contribution in [-0.2, 0) is 17.9 Å². The van der Waals surface area contributed by atoms with E-state index in [1.807, 2.05) is 29.0 Å². The van der Waals surface area contributed by atoms with E-state index in [1.165, 1.54) is 18.6 Å². The van der Waals surface area contributed by atoms with Crippen LogP contribution < -0.4 is 5.32 Å². The lowest BCUT2D eigenvalue weighted by atomic mass is 9.91. The van der Waals surface area contributed by atoms with Gasteiger partial charge in [0.1, 0.15) is 17.1 Å². The van der Waals surface area contributed by atoms with Gasteiger partial charge < -0.3 is 14.8 Å². The number of thiophene rings is 1. The standard InChI is InChI=1S/C24H26FN3O2S/c1-24(23(30)26-18-5-3-2-4-6-18)15-27-19-11-12-31-21(19)13-20(27)22(29)28(24)14-16-7-9-17(25)10-8-16/h7-13,18H,2-6,14-15H2,1H3,(H,26,30)/t24-/m0/s1. The van der Waals surface area contributed by atoms with Crippen molar-refractivity contribution in [3.63, 3.8) is 0 Å². The number of nitrogens with zero attached hydrogens (tertiary/aromatic N) is 2. The van der Waals surface area contributed by atoms with Crippen molar-refractivity contribution < 1.29 is 14.0 Å². The van der Waals surface area contributed by atoms with Gasteiger partial charge in [0.2, 0.25) is 5.91 Å². The Kier molecular flexibility index (Phi) is 5.08. The highest BCUT2D eigenvalue weighted by atomic mass is 32.1. The lowest BCUT2D eigenvalue weighted by molar-refractivity contribution is -0.134. The smallest absolute Gasteiger partial charge is 0.271 e. The molecule has 31 heavy (non-hydrogen) atoms. The average molecular weight is 440 g/mol. The van der Waals surface area contributed by atoms with E-state index in [0.717, 1.165) is 41.5 Å². The van der Waals surface area contributed by atoms with Crippen LogP contribution in [-0.4, -0.2) is 32.9 Å². The second-order valence-electron chi connectivity index (χ2n) is 8.89. The Morgan fingerprint density at radius 3 is 2.68 bits per heavy atom. The number of carbonyl (C=O) groups is 2. The third-order valence-corrected chi connectivity index (χ3v) is 7.59. The van der Waals surface area contributed by atoms with Crippen LogP contribution in [0.1, 0.15) is 55.1 Å². The van der Waals surface area contributed by atoms with Crippen LogP contribution in [0.2, 0.25) is 0 Å². The van der Waals surface area contributed by atoms with Crippen molar-refractivity contribution in [1.29, 1.82) is 0 Å². The SMILES string of the molecule is C[C@@]1(C(=O)NC2CCCCC2)Cn2c(cc3sccc32)C(=O)N1Cc1ccc(F)cc1. The van der Waals surface area contributed by atoms with Crippen LogP contribution in [0.5, 0.6) is 0 Å². The maximum atomic E-state index is 13.6. The summed E-state index contributed by atoms with van der Waals surface area (Å²) in [6, 6.07) is 10.2. The number of rotatable bonds is 4. The molecule has 1 atom stereocenters. The molecule has 0 bridgehead atoms. The van der Waals surface area contributed by atoms with Crippen molar-refractivity contribution in [2.75, 3.05) is 0 Å². The zero-order valence-corrected chi connectivity index (χ0v) is 18.4. The maximum Gasteiger partial charge on any atom is 0.271 e. The molecule has 1 aliphatic carbocycles. The molecule has 5 nitrogen and oxygen atoms in total. The van der Waals surface area contributed by atoms with Crippen LogP contribution in [0.25, 0.3) is 10.2 Å². The van der Waals surface area contributed by atoms with Gasteiger partial charge in [-0.05, 0) is 55.0 Å². The molecule has 2 aromatic heterocycles. The van der Waals surface area contributed by atoms with Gasteiger partial charge in [0.15, 0.2) is 0 Å². The summed E-state index contributed by atoms with van der Waals surface area (Å²) in [6.45, 7) is 2.51. The molecule has 1 saturated carbocycles. The molecular formula is C24H26FN3O2S. The van der Waals surface area contributed by atoms with E-state index in [2.05, 4.69) is 5.32 Å². The molecule has 1 aliphatic heterocycles. The van der Waals surface area contributed by atoms with E-state index in [0.29, 0.717) is 12.2 Å². The summed E-state index contributed by atoms with van der Waals surface area (Å²) >= 11 is 1.59. The fraction of sp³-hybridized carbons (Fsp3) is 0.417. The van der Waals surface area contributed by atoms with Crippen molar-refractivity contribution in [3.05, 3.63) is 58.9 Å². The maximum absolute atomic E-state index is 13.6. The molecule has 0 saturated heterocycles. The first-order valence-electron chi connectivity index (χ1n) is 10.9. The van der Waals surface area contributed by atoms with Crippen molar-refractivity contribution >= 4 is 33.4 Å². The van der Waals surface area contributed by atoms with E-state index >= 15 is 0 Å². The Hall–Kier alpha value is -2.67. The average Bonchev–Trinajstić information content (AvgIpc) is 3.36. The van der Waals surface area contributed by atoms with Crippen LogP contribution in [0.15, 0.2) is 41.8 Å². The summed E-state index contributed by atoms with van der Waals surface area (Å²) in [6.07, 6.45) is 5.42. The zero-order valence-electron chi connectivity index (χ0n) is 17.6. The van der Waals surface area contributed by atoms with Crippen LogP contribution in [0.3, 0.4) is 0 Å². The largest absolute Gasteiger partial charge is 0.351 e. The quantitative estimate of drug-likeness (QED) is 0.640. The number of hydrogen-bond acceptors (Lipinski definition) is 3. The second kappa shape index (κ2) is 7.79. The Morgan fingerprint density at radius 2 is 1.94 bits per heavy atom. The summed E-state index contributed by atoms with van der Waals surface area (Å²) in [7, 11) is 0. The molecule has 0 unspecified atom stereocenters. The van der Waals surface area contributed by atoms with Gasteiger partial charge in [-0.1, -0.05) is 31.4 Å². The predicted molar refractivity (Wildman–Crippen MR) is 120 cm³/mol. The molecule has 2 aliphatic rings. The summed E-state index contributed by atoms with van der Waals surface area (Å²) in [4.78, 5) is 28.9. The molecule has 2 amide bonds.